The SMILES string of the molecule is Nc1cc(C(=O)N2CCOCC2)ccc1CN1CCCCC1. The summed E-state index contributed by atoms with van der Waals surface area (Å²) in [5.41, 5.74) is 8.72. The number of benzene rings is 1. The van der Waals surface area contributed by atoms with Crippen LogP contribution in [0.25, 0.3) is 0 Å². The maximum absolute atomic E-state index is 12.5. The third-order valence-electron chi connectivity index (χ3n) is 4.53. The fourth-order valence-electron chi connectivity index (χ4n) is 3.18. The monoisotopic (exact) mass is 303 g/mol. The van der Waals surface area contributed by atoms with Crippen LogP contribution in [0.15, 0.2) is 18.2 Å². The van der Waals surface area contributed by atoms with Gasteiger partial charge >= 0.3 is 0 Å². The zero-order chi connectivity index (χ0) is 15.4. The molecule has 0 bridgehead atoms. The first kappa shape index (κ1) is 15.3. The van der Waals surface area contributed by atoms with Gasteiger partial charge in [-0.3, -0.25) is 9.69 Å². The smallest absolute Gasteiger partial charge is 0.254 e. The summed E-state index contributed by atoms with van der Waals surface area (Å²) in [5, 5.41) is 0. The van der Waals surface area contributed by atoms with E-state index in [1.807, 2.05) is 23.1 Å². The minimum atomic E-state index is 0.0551. The zero-order valence-electron chi connectivity index (χ0n) is 13.1. The van der Waals surface area contributed by atoms with Gasteiger partial charge in [0.1, 0.15) is 0 Å². The van der Waals surface area contributed by atoms with Gasteiger partial charge in [0, 0.05) is 30.9 Å². The summed E-state index contributed by atoms with van der Waals surface area (Å²) >= 11 is 0. The van der Waals surface area contributed by atoms with Gasteiger partial charge in [-0.2, -0.15) is 0 Å². The van der Waals surface area contributed by atoms with Crippen LogP contribution in [0.4, 0.5) is 5.69 Å². The first-order valence-corrected chi connectivity index (χ1v) is 8.22. The average Bonchev–Trinajstić information content (AvgIpc) is 2.58. The van der Waals surface area contributed by atoms with Gasteiger partial charge in [0.25, 0.3) is 5.91 Å². The normalized spacial score (nSPS) is 20.1. The van der Waals surface area contributed by atoms with Gasteiger partial charge in [-0.25, -0.2) is 0 Å². The van der Waals surface area contributed by atoms with Crippen LogP contribution in [-0.2, 0) is 11.3 Å². The summed E-state index contributed by atoms with van der Waals surface area (Å²) in [6.45, 7) is 5.74. The largest absolute Gasteiger partial charge is 0.398 e. The lowest BCUT2D eigenvalue weighted by molar-refractivity contribution is 0.0303. The molecular weight excluding hydrogens is 278 g/mol. The van der Waals surface area contributed by atoms with E-state index in [0.717, 1.165) is 30.9 Å². The Morgan fingerprint density at radius 1 is 1.09 bits per heavy atom. The van der Waals surface area contributed by atoms with Crippen LogP contribution >= 0.6 is 0 Å². The number of likely N-dealkylation sites (tertiary alicyclic amines) is 1. The third kappa shape index (κ3) is 3.59. The summed E-state index contributed by atoms with van der Waals surface area (Å²) in [5.74, 6) is 0.0551. The highest BCUT2D eigenvalue weighted by Crippen LogP contribution is 2.20. The van der Waals surface area contributed by atoms with Crippen molar-refractivity contribution in [3.8, 4) is 0 Å². The van der Waals surface area contributed by atoms with Gasteiger partial charge in [-0.15, -0.1) is 0 Å². The second kappa shape index (κ2) is 7.11. The molecule has 2 aliphatic rings. The molecule has 0 spiro atoms. The second-order valence-electron chi connectivity index (χ2n) is 6.15. The van der Waals surface area contributed by atoms with Crippen LogP contribution in [0.5, 0.6) is 0 Å². The standard InChI is InChI=1S/C17H25N3O2/c18-16-12-14(17(21)20-8-10-22-11-9-20)4-5-15(16)13-19-6-2-1-3-7-19/h4-5,12H,1-3,6-11,13,18H2. The van der Waals surface area contributed by atoms with Gasteiger partial charge in [0.2, 0.25) is 0 Å². The zero-order valence-corrected chi connectivity index (χ0v) is 13.1. The Balaban J connectivity index is 1.67. The van der Waals surface area contributed by atoms with Gasteiger partial charge in [-0.05, 0) is 43.6 Å². The van der Waals surface area contributed by atoms with Crippen LogP contribution in [0.2, 0.25) is 0 Å². The van der Waals surface area contributed by atoms with Crippen molar-refractivity contribution >= 4 is 11.6 Å². The molecular formula is C17H25N3O2. The number of carbonyl (C=O) groups is 1. The lowest BCUT2D eigenvalue weighted by atomic mass is 10.1. The van der Waals surface area contributed by atoms with Crippen molar-refractivity contribution in [3.05, 3.63) is 29.3 Å². The molecule has 2 saturated heterocycles. The fourth-order valence-corrected chi connectivity index (χ4v) is 3.18. The number of amides is 1. The molecule has 0 aliphatic carbocycles. The van der Waals surface area contributed by atoms with Crippen LogP contribution < -0.4 is 5.73 Å². The number of morpholine rings is 1. The number of piperidine rings is 1. The molecule has 120 valence electrons. The molecule has 5 nitrogen and oxygen atoms in total. The number of hydrogen-bond donors (Lipinski definition) is 1. The Bertz CT molecular complexity index is 521. The number of rotatable bonds is 3. The van der Waals surface area contributed by atoms with Crippen molar-refractivity contribution in [2.75, 3.05) is 45.1 Å². The summed E-state index contributed by atoms with van der Waals surface area (Å²) < 4.78 is 5.29. The molecule has 0 radical (unpaired) electrons. The maximum atomic E-state index is 12.5. The van der Waals surface area contributed by atoms with E-state index in [9.17, 15) is 4.79 Å². The molecule has 2 fully saturated rings. The molecule has 0 atom stereocenters. The summed E-state index contributed by atoms with van der Waals surface area (Å²) in [4.78, 5) is 16.7. The number of nitrogens with two attached hydrogens (primary N) is 1. The molecule has 2 aliphatic heterocycles. The highest BCUT2D eigenvalue weighted by molar-refractivity contribution is 5.95. The van der Waals surface area contributed by atoms with Crippen molar-refractivity contribution in [3.63, 3.8) is 0 Å². The molecule has 5 heteroatoms. The van der Waals surface area contributed by atoms with E-state index in [4.69, 9.17) is 10.5 Å². The number of nitrogen functional groups attached to an aromatic ring is 1. The first-order valence-electron chi connectivity index (χ1n) is 8.22. The van der Waals surface area contributed by atoms with Crippen molar-refractivity contribution in [2.24, 2.45) is 0 Å². The average molecular weight is 303 g/mol. The van der Waals surface area contributed by atoms with E-state index in [1.165, 1.54) is 19.3 Å². The summed E-state index contributed by atoms with van der Waals surface area (Å²) in [6, 6.07) is 5.75. The van der Waals surface area contributed by atoms with Gasteiger partial charge in [-0.1, -0.05) is 12.5 Å². The molecule has 1 amide bonds. The molecule has 1 aromatic carbocycles. The van der Waals surface area contributed by atoms with Crippen LogP contribution in [0, 0.1) is 0 Å². The molecule has 2 N–H and O–H groups in total. The van der Waals surface area contributed by atoms with Crippen LogP contribution in [-0.4, -0.2) is 55.1 Å². The number of hydrogen-bond acceptors (Lipinski definition) is 4. The number of anilines is 1. The van der Waals surface area contributed by atoms with E-state index >= 15 is 0 Å². The van der Waals surface area contributed by atoms with E-state index in [1.54, 1.807) is 0 Å². The summed E-state index contributed by atoms with van der Waals surface area (Å²) in [7, 11) is 0. The second-order valence-corrected chi connectivity index (χ2v) is 6.15. The number of ether oxygens (including phenoxy) is 1. The van der Waals surface area contributed by atoms with Crippen LogP contribution in [0.1, 0.15) is 35.2 Å². The predicted molar refractivity (Wildman–Crippen MR) is 86.7 cm³/mol. The molecule has 0 aromatic heterocycles. The van der Waals surface area contributed by atoms with E-state index < -0.39 is 0 Å². The van der Waals surface area contributed by atoms with Gasteiger partial charge < -0.3 is 15.4 Å². The molecule has 22 heavy (non-hydrogen) atoms. The lowest BCUT2D eigenvalue weighted by Gasteiger charge is -2.28. The third-order valence-corrected chi connectivity index (χ3v) is 4.53. The quantitative estimate of drug-likeness (QED) is 0.864. The Labute approximate surface area is 132 Å². The van der Waals surface area contributed by atoms with Crippen LogP contribution in [0.3, 0.4) is 0 Å². The lowest BCUT2D eigenvalue weighted by Crippen LogP contribution is -2.40. The Morgan fingerprint density at radius 2 is 1.82 bits per heavy atom. The van der Waals surface area contributed by atoms with E-state index in [2.05, 4.69) is 4.90 Å². The number of carbonyl (C=O) groups excluding carboxylic acids is 1. The Hall–Kier alpha value is -1.59. The molecule has 0 saturated carbocycles. The summed E-state index contributed by atoms with van der Waals surface area (Å²) in [6.07, 6.45) is 3.87. The Kier molecular flexibility index (Phi) is 4.95. The number of nitrogens with zero attached hydrogens (tertiary/aromatic N) is 2. The van der Waals surface area contributed by atoms with Crippen molar-refractivity contribution in [2.45, 2.75) is 25.8 Å². The highest BCUT2D eigenvalue weighted by Gasteiger charge is 2.19. The predicted octanol–water partition coefficient (Wildman–Crippen LogP) is 1.73. The molecule has 1 aromatic rings. The van der Waals surface area contributed by atoms with Crippen molar-refractivity contribution in [1.82, 2.24) is 9.80 Å². The minimum Gasteiger partial charge on any atom is -0.398 e. The maximum Gasteiger partial charge on any atom is 0.254 e. The first-order chi connectivity index (χ1) is 10.7. The highest BCUT2D eigenvalue weighted by atomic mass is 16.5. The molecule has 0 unspecified atom stereocenters. The molecule has 2 heterocycles. The van der Waals surface area contributed by atoms with Crippen molar-refractivity contribution < 1.29 is 9.53 Å². The van der Waals surface area contributed by atoms with Gasteiger partial charge in [0.15, 0.2) is 0 Å². The topological polar surface area (TPSA) is 58.8 Å². The van der Waals surface area contributed by atoms with E-state index in [-0.39, 0.29) is 5.91 Å². The Morgan fingerprint density at radius 3 is 2.50 bits per heavy atom. The van der Waals surface area contributed by atoms with E-state index in [0.29, 0.717) is 31.9 Å². The molecule has 3 rings (SSSR count). The van der Waals surface area contributed by atoms with Crippen molar-refractivity contribution in [1.29, 1.82) is 0 Å². The fraction of sp³-hybridized carbons (Fsp3) is 0.588. The minimum absolute atomic E-state index is 0.0551. The van der Waals surface area contributed by atoms with Gasteiger partial charge in [0.05, 0.1) is 13.2 Å².